The summed E-state index contributed by atoms with van der Waals surface area (Å²) in [6.45, 7) is 0. The van der Waals surface area contributed by atoms with Crippen LogP contribution in [-0.2, 0) is 10.0 Å². The van der Waals surface area contributed by atoms with Gasteiger partial charge in [-0.1, -0.05) is 12.1 Å². The van der Waals surface area contributed by atoms with Gasteiger partial charge in [-0.3, -0.25) is 9.89 Å². The van der Waals surface area contributed by atoms with Gasteiger partial charge in [0.1, 0.15) is 11.4 Å². The molecule has 162 valence electrons. The number of anilines is 2. The zero-order valence-electron chi connectivity index (χ0n) is 16.8. The maximum Gasteiger partial charge on any atom is 0.273 e. The molecule has 0 bridgehead atoms. The summed E-state index contributed by atoms with van der Waals surface area (Å²) in [6.07, 6.45) is 2.86. The van der Waals surface area contributed by atoms with Crippen LogP contribution in [0.5, 0.6) is 5.75 Å². The van der Waals surface area contributed by atoms with Gasteiger partial charge in [-0.15, -0.1) is 0 Å². The summed E-state index contributed by atoms with van der Waals surface area (Å²) in [6, 6.07) is 16.2. The highest BCUT2D eigenvalue weighted by atomic mass is 32.2. The van der Waals surface area contributed by atoms with Crippen LogP contribution in [0.15, 0.2) is 78.0 Å². The summed E-state index contributed by atoms with van der Waals surface area (Å²) in [7, 11) is -2.28. The van der Waals surface area contributed by atoms with Gasteiger partial charge in [-0.25, -0.2) is 23.1 Å². The summed E-state index contributed by atoms with van der Waals surface area (Å²) in [5.41, 5.74) is 2.05. The highest BCUT2D eigenvalue weighted by molar-refractivity contribution is 7.92. The standard InChI is InChI=1S/C21H18N6O4S/c1-31-16-5-2-4-14(12-16)18-13-19(26-25-18)20(28)24-15-6-8-17(9-7-15)32(29,30)27-21-22-10-3-11-23-21/h2-13H,1H3,(H,24,28)(H,25,26)(H,22,23,27). The van der Waals surface area contributed by atoms with Gasteiger partial charge in [-0.05, 0) is 48.5 Å². The first-order valence-electron chi connectivity index (χ1n) is 9.36. The molecule has 3 N–H and O–H groups in total. The third-order valence-corrected chi connectivity index (χ3v) is 5.75. The van der Waals surface area contributed by atoms with E-state index in [0.29, 0.717) is 17.1 Å². The molecule has 2 aromatic carbocycles. The van der Waals surface area contributed by atoms with E-state index in [9.17, 15) is 13.2 Å². The largest absolute Gasteiger partial charge is 0.497 e. The normalized spacial score (nSPS) is 11.0. The van der Waals surface area contributed by atoms with Crippen molar-refractivity contribution >= 4 is 27.6 Å². The maximum absolute atomic E-state index is 12.6. The van der Waals surface area contributed by atoms with Gasteiger partial charge >= 0.3 is 0 Å². The van der Waals surface area contributed by atoms with E-state index in [2.05, 4.69) is 30.2 Å². The molecule has 0 spiro atoms. The molecule has 0 aliphatic heterocycles. The summed E-state index contributed by atoms with van der Waals surface area (Å²) in [5, 5.41) is 9.57. The molecule has 11 heteroatoms. The van der Waals surface area contributed by atoms with Crippen molar-refractivity contribution in [2.75, 3.05) is 17.1 Å². The molecule has 0 saturated carbocycles. The fraction of sp³-hybridized carbons (Fsp3) is 0.0476. The number of hydrogen-bond donors (Lipinski definition) is 3. The van der Waals surface area contributed by atoms with Gasteiger partial charge in [0.25, 0.3) is 15.9 Å². The highest BCUT2D eigenvalue weighted by Gasteiger charge is 2.16. The van der Waals surface area contributed by atoms with Crippen LogP contribution in [0.2, 0.25) is 0 Å². The number of rotatable bonds is 7. The average molecular weight is 450 g/mol. The van der Waals surface area contributed by atoms with Crippen molar-refractivity contribution in [3.8, 4) is 17.0 Å². The number of sulfonamides is 1. The third kappa shape index (κ3) is 4.73. The van der Waals surface area contributed by atoms with Crippen molar-refractivity contribution < 1.29 is 17.9 Å². The van der Waals surface area contributed by atoms with E-state index in [4.69, 9.17) is 4.74 Å². The van der Waals surface area contributed by atoms with Crippen LogP contribution in [0, 0.1) is 0 Å². The second-order valence-corrected chi connectivity index (χ2v) is 8.24. The fourth-order valence-electron chi connectivity index (χ4n) is 2.82. The second-order valence-electron chi connectivity index (χ2n) is 6.56. The van der Waals surface area contributed by atoms with Crippen molar-refractivity contribution in [3.05, 3.63) is 78.8 Å². The molecular formula is C21H18N6O4S. The molecule has 0 radical (unpaired) electrons. The number of carbonyl (C=O) groups is 1. The predicted octanol–water partition coefficient (Wildman–Crippen LogP) is 2.93. The zero-order valence-corrected chi connectivity index (χ0v) is 17.6. The Kier molecular flexibility index (Phi) is 5.81. The molecule has 1 amide bonds. The van der Waals surface area contributed by atoms with Crippen molar-refractivity contribution in [2.24, 2.45) is 0 Å². The van der Waals surface area contributed by atoms with Gasteiger partial charge in [-0.2, -0.15) is 5.10 Å². The predicted molar refractivity (Wildman–Crippen MR) is 118 cm³/mol. The number of nitrogens with zero attached hydrogens (tertiary/aromatic N) is 3. The molecule has 32 heavy (non-hydrogen) atoms. The minimum Gasteiger partial charge on any atom is -0.497 e. The first-order chi connectivity index (χ1) is 15.4. The van der Waals surface area contributed by atoms with Crippen LogP contribution in [0.4, 0.5) is 11.6 Å². The number of nitrogens with one attached hydrogen (secondary N) is 3. The number of carbonyl (C=O) groups excluding carboxylic acids is 1. The molecule has 0 fully saturated rings. The Morgan fingerprint density at radius 1 is 1.00 bits per heavy atom. The van der Waals surface area contributed by atoms with E-state index in [1.165, 1.54) is 36.7 Å². The van der Waals surface area contributed by atoms with Gasteiger partial charge in [0.15, 0.2) is 0 Å². The van der Waals surface area contributed by atoms with Gasteiger partial charge < -0.3 is 10.1 Å². The van der Waals surface area contributed by atoms with E-state index < -0.39 is 15.9 Å². The Labute approximate surface area is 183 Å². The van der Waals surface area contributed by atoms with Gasteiger partial charge in [0.2, 0.25) is 5.95 Å². The minimum atomic E-state index is -3.86. The SMILES string of the molecule is COc1cccc(-c2cc(C(=O)Nc3ccc(S(=O)(=O)Nc4ncccn4)cc3)[nH]n2)c1. The van der Waals surface area contributed by atoms with E-state index >= 15 is 0 Å². The van der Waals surface area contributed by atoms with Crippen molar-refractivity contribution in [1.82, 2.24) is 20.2 Å². The van der Waals surface area contributed by atoms with E-state index in [1.807, 2.05) is 24.3 Å². The van der Waals surface area contributed by atoms with Crippen LogP contribution in [0.25, 0.3) is 11.3 Å². The van der Waals surface area contributed by atoms with Crippen molar-refractivity contribution in [1.29, 1.82) is 0 Å². The Bertz CT molecular complexity index is 1340. The molecule has 2 heterocycles. The number of aromatic nitrogens is 4. The molecule has 4 aromatic rings. The third-order valence-electron chi connectivity index (χ3n) is 4.40. The summed E-state index contributed by atoms with van der Waals surface area (Å²) in [5.74, 6) is 0.230. The molecule has 4 rings (SSSR count). The Morgan fingerprint density at radius 3 is 2.47 bits per heavy atom. The quantitative estimate of drug-likeness (QED) is 0.393. The smallest absolute Gasteiger partial charge is 0.273 e. The molecule has 10 nitrogen and oxygen atoms in total. The van der Waals surface area contributed by atoms with Crippen molar-refractivity contribution in [2.45, 2.75) is 4.90 Å². The zero-order chi connectivity index (χ0) is 22.6. The summed E-state index contributed by atoms with van der Waals surface area (Å²) >= 11 is 0. The Hall–Kier alpha value is -4.25. The molecular weight excluding hydrogens is 432 g/mol. The minimum absolute atomic E-state index is 0.00445. The number of hydrogen-bond acceptors (Lipinski definition) is 7. The number of benzene rings is 2. The number of amides is 1. The lowest BCUT2D eigenvalue weighted by Gasteiger charge is -2.08. The lowest BCUT2D eigenvalue weighted by atomic mass is 10.1. The molecule has 0 unspecified atom stereocenters. The number of ether oxygens (including phenoxy) is 1. The van der Waals surface area contributed by atoms with Crippen LogP contribution >= 0.6 is 0 Å². The summed E-state index contributed by atoms with van der Waals surface area (Å²) in [4.78, 5) is 20.2. The number of methoxy groups -OCH3 is 1. The first kappa shape index (κ1) is 21.0. The monoisotopic (exact) mass is 450 g/mol. The molecule has 0 aliphatic carbocycles. The molecule has 0 atom stereocenters. The molecule has 2 aromatic heterocycles. The first-order valence-corrected chi connectivity index (χ1v) is 10.8. The van der Waals surface area contributed by atoms with Crippen molar-refractivity contribution in [3.63, 3.8) is 0 Å². The Balaban J connectivity index is 1.44. The second kappa shape index (κ2) is 8.86. The summed E-state index contributed by atoms with van der Waals surface area (Å²) < 4.78 is 32.4. The van der Waals surface area contributed by atoms with Crippen LogP contribution in [0.3, 0.4) is 0 Å². The fourth-order valence-corrected chi connectivity index (χ4v) is 3.77. The Morgan fingerprint density at radius 2 is 1.75 bits per heavy atom. The topological polar surface area (TPSA) is 139 Å². The molecule has 0 aliphatic rings. The lowest BCUT2D eigenvalue weighted by Crippen LogP contribution is -2.15. The van der Waals surface area contributed by atoms with Gasteiger partial charge in [0.05, 0.1) is 17.7 Å². The maximum atomic E-state index is 12.6. The molecule has 0 saturated heterocycles. The van der Waals surface area contributed by atoms with Crippen LogP contribution < -0.4 is 14.8 Å². The van der Waals surface area contributed by atoms with Crippen LogP contribution in [0.1, 0.15) is 10.5 Å². The van der Waals surface area contributed by atoms with E-state index in [-0.39, 0.29) is 16.5 Å². The number of aromatic amines is 1. The van der Waals surface area contributed by atoms with Gasteiger partial charge in [0, 0.05) is 23.6 Å². The lowest BCUT2D eigenvalue weighted by molar-refractivity contribution is 0.102. The van der Waals surface area contributed by atoms with E-state index in [0.717, 1.165) is 5.56 Å². The highest BCUT2D eigenvalue weighted by Crippen LogP contribution is 2.23. The van der Waals surface area contributed by atoms with Crippen LogP contribution in [-0.4, -0.2) is 41.6 Å². The van der Waals surface area contributed by atoms with E-state index in [1.54, 1.807) is 19.2 Å². The average Bonchev–Trinajstić information content (AvgIpc) is 3.30. The number of H-pyrrole nitrogens is 1.